The zero-order chi connectivity index (χ0) is 25.9. The average molecular weight is 490 g/mol. The molecule has 0 bridgehead atoms. The molecule has 4 heterocycles. The number of rotatable bonds is 9. The molecule has 3 N–H and O–H groups in total. The van der Waals surface area contributed by atoms with E-state index in [9.17, 15) is 4.79 Å². The summed E-state index contributed by atoms with van der Waals surface area (Å²) in [6.45, 7) is 11.1. The number of hydrogen-bond acceptors (Lipinski definition) is 9. The van der Waals surface area contributed by atoms with E-state index in [2.05, 4.69) is 51.3 Å². The van der Waals surface area contributed by atoms with Crippen molar-refractivity contribution >= 4 is 11.9 Å². The first-order valence-corrected chi connectivity index (χ1v) is 11.8. The van der Waals surface area contributed by atoms with Crippen molar-refractivity contribution < 1.29 is 9.32 Å². The quantitative estimate of drug-likeness (QED) is 0.361. The van der Waals surface area contributed by atoms with Gasteiger partial charge in [-0.25, -0.2) is 9.97 Å². The lowest BCUT2D eigenvalue weighted by atomic mass is 9.73. The SMILES string of the molecule is CC(C)CNC(=O)Cn1cc(-c2nc(C(C)(c3ccc(-c4cnc(N)nc4)nc3)C(C)C)no2)cn1. The molecule has 0 radical (unpaired) electrons. The Labute approximate surface area is 209 Å². The number of nitrogen functional groups attached to an aromatic ring is 1. The number of nitrogens with one attached hydrogen (secondary N) is 1. The van der Waals surface area contributed by atoms with Crippen LogP contribution in [0.1, 0.15) is 46.0 Å². The van der Waals surface area contributed by atoms with Gasteiger partial charge < -0.3 is 15.6 Å². The van der Waals surface area contributed by atoms with Crippen molar-refractivity contribution in [2.24, 2.45) is 11.8 Å². The van der Waals surface area contributed by atoms with Crippen molar-refractivity contribution in [2.45, 2.75) is 46.6 Å². The topological polar surface area (TPSA) is 151 Å². The smallest absolute Gasteiger partial charge is 0.261 e. The van der Waals surface area contributed by atoms with Gasteiger partial charge in [-0.3, -0.25) is 14.5 Å². The molecule has 0 aliphatic carbocycles. The van der Waals surface area contributed by atoms with Gasteiger partial charge in [0, 0.05) is 36.9 Å². The summed E-state index contributed by atoms with van der Waals surface area (Å²) in [7, 11) is 0. The molecule has 0 fully saturated rings. The highest BCUT2D eigenvalue weighted by Crippen LogP contribution is 2.38. The summed E-state index contributed by atoms with van der Waals surface area (Å²) in [5.41, 5.74) is 8.14. The van der Waals surface area contributed by atoms with E-state index in [0.717, 1.165) is 16.8 Å². The van der Waals surface area contributed by atoms with Crippen LogP contribution >= 0.6 is 0 Å². The normalized spacial score (nSPS) is 13.2. The highest BCUT2D eigenvalue weighted by atomic mass is 16.5. The predicted octanol–water partition coefficient (Wildman–Crippen LogP) is 3.10. The summed E-state index contributed by atoms with van der Waals surface area (Å²) in [5, 5.41) is 11.5. The molecule has 1 amide bonds. The highest BCUT2D eigenvalue weighted by Gasteiger charge is 2.38. The zero-order valence-electron chi connectivity index (χ0n) is 21.1. The largest absolute Gasteiger partial charge is 0.368 e. The number of aromatic nitrogens is 7. The van der Waals surface area contributed by atoms with Crippen molar-refractivity contribution in [1.82, 2.24) is 40.2 Å². The molecule has 36 heavy (non-hydrogen) atoms. The minimum Gasteiger partial charge on any atom is -0.368 e. The summed E-state index contributed by atoms with van der Waals surface area (Å²) >= 11 is 0. The zero-order valence-corrected chi connectivity index (χ0v) is 21.1. The molecule has 1 atom stereocenters. The van der Waals surface area contributed by atoms with E-state index >= 15 is 0 Å². The molecule has 0 spiro atoms. The second-order valence-electron chi connectivity index (χ2n) is 9.67. The molecule has 11 nitrogen and oxygen atoms in total. The molecule has 0 aliphatic heterocycles. The van der Waals surface area contributed by atoms with Gasteiger partial charge in [0.15, 0.2) is 5.82 Å². The standard InChI is InChI=1S/C25H31N9O2/c1-15(2)8-28-21(35)14-34-13-18(11-31-34)22-32-23(33-36-22)25(5,16(3)4)19-6-7-20(27-12-19)17-9-29-24(26)30-10-17/h6-7,9-13,15-16H,8,14H2,1-5H3,(H,28,35)(H2,26,29,30). The van der Waals surface area contributed by atoms with Crippen molar-refractivity contribution in [3.63, 3.8) is 0 Å². The van der Waals surface area contributed by atoms with Crippen molar-refractivity contribution in [1.29, 1.82) is 0 Å². The molecule has 4 rings (SSSR count). The van der Waals surface area contributed by atoms with Gasteiger partial charge in [0.25, 0.3) is 5.89 Å². The molecule has 11 heteroatoms. The van der Waals surface area contributed by atoms with E-state index in [4.69, 9.17) is 15.2 Å². The van der Waals surface area contributed by atoms with E-state index in [1.54, 1.807) is 29.5 Å². The molecule has 0 aliphatic rings. The molecule has 188 valence electrons. The summed E-state index contributed by atoms with van der Waals surface area (Å²) in [4.78, 5) is 29.5. The van der Waals surface area contributed by atoms with E-state index in [1.807, 2.05) is 32.2 Å². The number of carbonyl (C=O) groups excluding carboxylic acids is 1. The van der Waals surface area contributed by atoms with Crippen molar-refractivity contribution in [2.75, 3.05) is 12.3 Å². The first-order valence-electron chi connectivity index (χ1n) is 11.8. The van der Waals surface area contributed by atoms with Crippen LogP contribution in [0.2, 0.25) is 0 Å². The summed E-state index contributed by atoms with van der Waals surface area (Å²) < 4.78 is 7.16. The highest BCUT2D eigenvalue weighted by molar-refractivity contribution is 5.75. The summed E-state index contributed by atoms with van der Waals surface area (Å²) in [6, 6.07) is 3.92. The fourth-order valence-electron chi connectivity index (χ4n) is 3.70. The van der Waals surface area contributed by atoms with Crippen molar-refractivity contribution in [3.8, 4) is 22.7 Å². The van der Waals surface area contributed by atoms with Gasteiger partial charge >= 0.3 is 0 Å². The van der Waals surface area contributed by atoms with E-state index in [1.165, 1.54) is 0 Å². The van der Waals surface area contributed by atoms with Gasteiger partial charge in [-0.1, -0.05) is 38.9 Å². The third-order valence-corrected chi connectivity index (χ3v) is 6.27. The Morgan fingerprint density at radius 2 is 1.83 bits per heavy atom. The monoisotopic (exact) mass is 489 g/mol. The van der Waals surface area contributed by atoms with Gasteiger partial charge in [-0.05, 0) is 30.4 Å². The number of nitrogens with two attached hydrogens (primary N) is 1. The third kappa shape index (κ3) is 5.24. The maximum Gasteiger partial charge on any atom is 0.261 e. The Bertz CT molecular complexity index is 1310. The molecular formula is C25H31N9O2. The van der Waals surface area contributed by atoms with Crippen LogP contribution in [-0.4, -0.2) is 47.3 Å². The predicted molar refractivity (Wildman–Crippen MR) is 134 cm³/mol. The van der Waals surface area contributed by atoms with Crippen LogP contribution < -0.4 is 11.1 Å². The Morgan fingerprint density at radius 1 is 1.08 bits per heavy atom. The molecular weight excluding hydrogens is 458 g/mol. The van der Waals surface area contributed by atoms with Crippen LogP contribution in [0.25, 0.3) is 22.7 Å². The van der Waals surface area contributed by atoms with E-state index in [-0.39, 0.29) is 24.3 Å². The third-order valence-electron chi connectivity index (χ3n) is 6.27. The Hall–Kier alpha value is -4.15. The van der Waals surface area contributed by atoms with Crippen molar-refractivity contribution in [3.05, 3.63) is 54.5 Å². The van der Waals surface area contributed by atoms with Gasteiger partial charge in [-0.15, -0.1) is 0 Å². The minimum absolute atomic E-state index is 0.0987. The molecule has 0 aromatic carbocycles. The second kappa shape index (κ2) is 10.2. The maximum absolute atomic E-state index is 12.1. The van der Waals surface area contributed by atoms with Crippen LogP contribution in [0, 0.1) is 11.8 Å². The molecule has 0 saturated carbocycles. The fraction of sp³-hybridized carbons (Fsp3) is 0.400. The molecule has 4 aromatic rings. The van der Waals surface area contributed by atoms with Gasteiger partial charge in [0.1, 0.15) is 6.54 Å². The lowest BCUT2D eigenvalue weighted by Crippen LogP contribution is -2.31. The van der Waals surface area contributed by atoms with E-state index in [0.29, 0.717) is 29.7 Å². The maximum atomic E-state index is 12.1. The number of anilines is 1. The lowest BCUT2D eigenvalue weighted by Gasteiger charge is -2.30. The van der Waals surface area contributed by atoms with Crippen LogP contribution in [0.3, 0.4) is 0 Å². The van der Waals surface area contributed by atoms with Gasteiger partial charge in [-0.2, -0.15) is 10.1 Å². The van der Waals surface area contributed by atoms with Crippen LogP contribution in [0.4, 0.5) is 5.95 Å². The fourth-order valence-corrected chi connectivity index (χ4v) is 3.70. The van der Waals surface area contributed by atoms with Crippen LogP contribution in [-0.2, 0) is 16.8 Å². The first kappa shape index (κ1) is 25.0. The van der Waals surface area contributed by atoms with Gasteiger partial charge in [0.05, 0.1) is 22.9 Å². The summed E-state index contributed by atoms with van der Waals surface area (Å²) in [6.07, 6.45) is 8.45. The number of hydrogen-bond donors (Lipinski definition) is 2. The van der Waals surface area contributed by atoms with Crippen LogP contribution in [0.5, 0.6) is 0 Å². The second-order valence-corrected chi connectivity index (χ2v) is 9.67. The Balaban J connectivity index is 1.55. The molecule has 1 unspecified atom stereocenters. The number of pyridine rings is 1. The van der Waals surface area contributed by atoms with Crippen LogP contribution in [0.15, 0.2) is 47.6 Å². The minimum atomic E-state index is -0.558. The van der Waals surface area contributed by atoms with Gasteiger partial charge in [0.2, 0.25) is 11.9 Å². The molecule has 4 aromatic heterocycles. The lowest BCUT2D eigenvalue weighted by molar-refractivity contribution is -0.122. The summed E-state index contributed by atoms with van der Waals surface area (Å²) in [5.74, 6) is 1.53. The first-order chi connectivity index (χ1) is 17.2. The Kier molecular flexibility index (Phi) is 7.09. The number of nitrogens with zero attached hydrogens (tertiary/aromatic N) is 7. The molecule has 0 saturated heterocycles. The number of amides is 1. The van der Waals surface area contributed by atoms with E-state index < -0.39 is 5.41 Å². The Morgan fingerprint density at radius 3 is 2.47 bits per heavy atom. The average Bonchev–Trinajstić information content (AvgIpc) is 3.53. The number of carbonyl (C=O) groups is 1.